The van der Waals surface area contributed by atoms with E-state index >= 15 is 0 Å². The SMILES string of the molecule is COCC1CCCN(C(=O)CCc2ccccc2N)C1.Cl. The van der Waals surface area contributed by atoms with Gasteiger partial charge in [-0.25, -0.2) is 0 Å². The molecule has 0 bridgehead atoms. The van der Waals surface area contributed by atoms with Gasteiger partial charge in [-0.05, 0) is 36.8 Å². The molecule has 118 valence electrons. The average Bonchev–Trinajstić information content (AvgIpc) is 2.47. The van der Waals surface area contributed by atoms with Crippen molar-refractivity contribution < 1.29 is 9.53 Å². The summed E-state index contributed by atoms with van der Waals surface area (Å²) in [6.45, 7) is 2.45. The van der Waals surface area contributed by atoms with E-state index in [0.29, 0.717) is 12.3 Å². The zero-order chi connectivity index (χ0) is 14.4. The largest absolute Gasteiger partial charge is 0.399 e. The molecule has 2 N–H and O–H groups in total. The summed E-state index contributed by atoms with van der Waals surface area (Å²) < 4.78 is 5.20. The first-order valence-corrected chi connectivity index (χ1v) is 7.30. The number of para-hydroxylation sites is 1. The van der Waals surface area contributed by atoms with E-state index in [1.54, 1.807) is 7.11 Å². The zero-order valence-corrected chi connectivity index (χ0v) is 13.4. The van der Waals surface area contributed by atoms with Crippen molar-refractivity contribution in [3.63, 3.8) is 0 Å². The molecule has 1 aromatic rings. The van der Waals surface area contributed by atoms with E-state index in [1.807, 2.05) is 29.2 Å². The van der Waals surface area contributed by atoms with Crippen LogP contribution in [0.4, 0.5) is 5.69 Å². The van der Waals surface area contributed by atoms with Gasteiger partial charge in [0.05, 0.1) is 6.61 Å². The average molecular weight is 313 g/mol. The highest BCUT2D eigenvalue weighted by Crippen LogP contribution is 2.19. The van der Waals surface area contributed by atoms with Gasteiger partial charge in [0.25, 0.3) is 0 Å². The molecule has 2 rings (SSSR count). The van der Waals surface area contributed by atoms with E-state index in [9.17, 15) is 4.79 Å². The van der Waals surface area contributed by atoms with Crippen molar-refractivity contribution in [2.45, 2.75) is 25.7 Å². The van der Waals surface area contributed by atoms with Crippen molar-refractivity contribution in [3.05, 3.63) is 29.8 Å². The fraction of sp³-hybridized carbons (Fsp3) is 0.562. The predicted octanol–water partition coefficient (Wildman–Crippen LogP) is 2.51. The molecule has 1 fully saturated rings. The molecule has 1 amide bonds. The third kappa shape index (κ3) is 5.21. The number of aryl methyl sites for hydroxylation is 1. The highest BCUT2D eigenvalue weighted by molar-refractivity contribution is 5.85. The Balaban J connectivity index is 0.00000220. The van der Waals surface area contributed by atoms with E-state index in [-0.39, 0.29) is 18.3 Å². The molecule has 1 aliphatic heterocycles. The molecule has 0 saturated carbocycles. The first-order chi connectivity index (χ1) is 9.70. The Morgan fingerprint density at radius 2 is 2.19 bits per heavy atom. The minimum absolute atomic E-state index is 0. The number of likely N-dealkylation sites (tertiary alicyclic amines) is 1. The number of halogens is 1. The van der Waals surface area contributed by atoms with Crippen LogP contribution in [0, 0.1) is 5.92 Å². The molecule has 1 unspecified atom stereocenters. The van der Waals surface area contributed by atoms with Gasteiger partial charge in [-0.2, -0.15) is 0 Å². The zero-order valence-electron chi connectivity index (χ0n) is 12.6. The number of hydrogen-bond donors (Lipinski definition) is 1. The van der Waals surface area contributed by atoms with Crippen molar-refractivity contribution in [2.75, 3.05) is 32.5 Å². The minimum Gasteiger partial charge on any atom is -0.399 e. The highest BCUT2D eigenvalue weighted by Gasteiger charge is 2.23. The maximum atomic E-state index is 12.3. The number of ether oxygens (including phenoxy) is 1. The number of nitrogens with two attached hydrogens (primary N) is 1. The van der Waals surface area contributed by atoms with E-state index in [0.717, 1.165) is 50.2 Å². The van der Waals surface area contributed by atoms with Gasteiger partial charge < -0.3 is 15.4 Å². The molecule has 1 aliphatic rings. The lowest BCUT2D eigenvalue weighted by molar-refractivity contribution is -0.133. The van der Waals surface area contributed by atoms with E-state index in [1.165, 1.54) is 0 Å². The molecule has 0 aromatic heterocycles. The molecular formula is C16H25ClN2O2. The second kappa shape index (κ2) is 8.90. The van der Waals surface area contributed by atoms with E-state index < -0.39 is 0 Å². The molecule has 21 heavy (non-hydrogen) atoms. The van der Waals surface area contributed by atoms with Gasteiger partial charge in [-0.3, -0.25) is 4.79 Å². The van der Waals surface area contributed by atoms with Crippen LogP contribution in [0.15, 0.2) is 24.3 Å². The second-order valence-electron chi connectivity index (χ2n) is 5.50. The summed E-state index contributed by atoms with van der Waals surface area (Å²) in [7, 11) is 1.72. The first kappa shape index (κ1) is 17.8. The number of methoxy groups -OCH3 is 1. The maximum Gasteiger partial charge on any atom is 0.222 e. The van der Waals surface area contributed by atoms with Gasteiger partial charge in [0.1, 0.15) is 0 Å². The van der Waals surface area contributed by atoms with Crippen LogP contribution in [0.25, 0.3) is 0 Å². The van der Waals surface area contributed by atoms with Crippen LogP contribution in [0.1, 0.15) is 24.8 Å². The molecule has 1 saturated heterocycles. The Kier molecular flexibility index (Phi) is 7.54. The van der Waals surface area contributed by atoms with Gasteiger partial charge in [0.2, 0.25) is 5.91 Å². The van der Waals surface area contributed by atoms with Gasteiger partial charge in [-0.1, -0.05) is 18.2 Å². The number of carbonyl (C=O) groups is 1. The Bertz CT molecular complexity index is 452. The normalized spacial score (nSPS) is 18.1. The molecular weight excluding hydrogens is 288 g/mol. The quantitative estimate of drug-likeness (QED) is 0.850. The second-order valence-corrected chi connectivity index (χ2v) is 5.50. The van der Waals surface area contributed by atoms with Crippen molar-refractivity contribution in [1.82, 2.24) is 4.90 Å². The standard InChI is InChI=1S/C16H24N2O2.ClH/c1-20-12-13-5-4-10-18(11-13)16(19)9-8-14-6-2-3-7-15(14)17;/h2-3,6-7,13H,4-5,8-12,17H2,1H3;1H. The van der Waals surface area contributed by atoms with Crippen molar-refractivity contribution in [2.24, 2.45) is 5.92 Å². The minimum atomic E-state index is 0. The number of nitrogens with zero attached hydrogens (tertiary/aromatic N) is 1. The van der Waals surface area contributed by atoms with E-state index in [4.69, 9.17) is 10.5 Å². The summed E-state index contributed by atoms with van der Waals surface area (Å²) in [4.78, 5) is 14.3. The summed E-state index contributed by atoms with van der Waals surface area (Å²) in [5.74, 6) is 0.716. The van der Waals surface area contributed by atoms with Crippen molar-refractivity contribution in [1.29, 1.82) is 0 Å². The lowest BCUT2D eigenvalue weighted by atomic mass is 9.98. The third-order valence-electron chi connectivity index (χ3n) is 3.94. The Morgan fingerprint density at radius 1 is 1.43 bits per heavy atom. The topological polar surface area (TPSA) is 55.6 Å². The van der Waals surface area contributed by atoms with Gasteiger partial charge in [0, 0.05) is 32.3 Å². The number of carbonyl (C=O) groups excluding carboxylic acids is 1. The monoisotopic (exact) mass is 312 g/mol. The molecule has 0 aliphatic carbocycles. The predicted molar refractivity (Wildman–Crippen MR) is 87.6 cm³/mol. The molecule has 1 atom stereocenters. The summed E-state index contributed by atoms with van der Waals surface area (Å²) in [5, 5.41) is 0. The maximum absolute atomic E-state index is 12.3. The lowest BCUT2D eigenvalue weighted by Crippen LogP contribution is -2.41. The molecule has 5 heteroatoms. The van der Waals surface area contributed by atoms with E-state index in [2.05, 4.69) is 0 Å². The Morgan fingerprint density at radius 3 is 2.90 bits per heavy atom. The van der Waals surface area contributed by atoms with Crippen LogP contribution < -0.4 is 5.73 Å². The Hall–Kier alpha value is -1.26. The Labute approximate surface area is 133 Å². The van der Waals surface area contributed by atoms with Crippen LogP contribution in [0.3, 0.4) is 0 Å². The van der Waals surface area contributed by atoms with Crippen LogP contribution in [0.2, 0.25) is 0 Å². The number of piperidine rings is 1. The van der Waals surface area contributed by atoms with Crippen LogP contribution in [-0.4, -0.2) is 37.6 Å². The fourth-order valence-corrected chi connectivity index (χ4v) is 2.82. The summed E-state index contributed by atoms with van der Waals surface area (Å²) >= 11 is 0. The van der Waals surface area contributed by atoms with Crippen LogP contribution >= 0.6 is 12.4 Å². The number of nitrogen functional groups attached to an aromatic ring is 1. The third-order valence-corrected chi connectivity index (χ3v) is 3.94. The summed E-state index contributed by atoms with van der Waals surface area (Å²) in [5.41, 5.74) is 7.74. The first-order valence-electron chi connectivity index (χ1n) is 7.30. The van der Waals surface area contributed by atoms with Crippen molar-refractivity contribution in [3.8, 4) is 0 Å². The summed E-state index contributed by atoms with van der Waals surface area (Å²) in [6.07, 6.45) is 3.49. The molecule has 4 nitrogen and oxygen atoms in total. The molecule has 0 spiro atoms. The smallest absolute Gasteiger partial charge is 0.222 e. The fourth-order valence-electron chi connectivity index (χ4n) is 2.82. The van der Waals surface area contributed by atoms with Gasteiger partial charge in [0.15, 0.2) is 0 Å². The highest BCUT2D eigenvalue weighted by atomic mass is 35.5. The number of anilines is 1. The summed E-state index contributed by atoms with van der Waals surface area (Å²) in [6, 6.07) is 7.76. The lowest BCUT2D eigenvalue weighted by Gasteiger charge is -2.32. The van der Waals surface area contributed by atoms with Crippen molar-refractivity contribution >= 4 is 24.0 Å². The van der Waals surface area contributed by atoms with Crippen LogP contribution in [0.5, 0.6) is 0 Å². The van der Waals surface area contributed by atoms with Gasteiger partial charge >= 0.3 is 0 Å². The number of hydrogen-bond acceptors (Lipinski definition) is 3. The number of rotatable bonds is 5. The molecule has 1 heterocycles. The van der Waals surface area contributed by atoms with Crippen LogP contribution in [-0.2, 0) is 16.0 Å². The molecule has 1 aromatic carbocycles. The number of benzene rings is 1. The van der Waals surface area contributed by atoms with Gasteiger partial charge in [-0.15, -0.1) is 12.4 Å². The molecule has 0 radical (unpaired) electrons. The number of amides is 1.